The Morgan fingerprint density at radius 1 is 0.958 bits per heavy atom. The van der Waals surface area contributed by atoms with Crippen molar-refractivity contribution in [2.75, 3.05) is 38.1 Å². The highest BCUT2D eigenvalue weighted by Gasteiger charge is 2.39. The Morgan fingerprint density at radius 2 is 1.71 bits per heavy atom. The molecule has 122 valence electrons. The molecule has 4 heteroatoms. The number of carbonyl (C=O) groups excluding carboxylic acids is 1. The van der Waals surface area contributed by atoms with E-state index in [9.17, 15) is 4.79 Å². The van der Waals surface area contributed by atoms with E-state index in [0.29, 0.717) is 0 Å². The topological polar surface area (TPSA) is 23.6 Å². The van der Waals surface area contributed by atoms with E-state index in [1.54, 1.807) is 0 Å². The first-order valence-corrected chi connectivity index (χ1v) is 9.61. The molecule has 0 bridgehead atoms. The maximum absolute atomic E-state index is 12.9. The minimum atomic E-state index is 0.186. The molecular formula is C20H19IN2O. The third kappa shape index (κ3) is 2.09. The van der Waals surface area contributed by atoms with Crippen molar-refractivity contribution in [3.05, 3.63) is 51.1 Å². The average molecular weight is 430 g/mol. The van der Waals surface area contributed by atoms with Gasteiger partial charge in [0.05, 0.1) is 0 Å². The number of carbonyl (C=O) groups is 1. The second-order valence-electron chi connectivity index (χ2n) is 7.37. The molecule has 1 aliphatic carbocycles. The number of hydrogen-bond donors (Lipinski definition) is 0. The molecule has 2 aromatic carbocycles. The number of anilines is 1. The maximum atomic E-state index is 12.9. The standard InChI is InChI=1S/C20H19IN2O/c1-22-8-12-10-23(11-13(12)9-22)14-5-6-15-16-3-2-4-18(21)19(16)20(24)17(15)7-14/h2-7,12-13H,8-11H2,1H3/t12-,13+. The molecule has 2 atom stereocenters. The fourth-order valence-electron chi connectivity index (χ4n) is 4.70. The van der Waals surface area contributed by atoms with Crippen molar-refractivity contribution in [1.29, 1.82) is 0 Å². The van der Waals surface area contributed by atoms with Crippen molar-refractivity contribution in [3.8, 4) is 11.1 Å². The van der Waals surface area contributed by atoms with Crippen LogP contribution in [0.15, 0.2) is 36.4 Å². The first-order valence-electron chi connectivity index (χ1n) is 8.53. The summed E-state index contributed by atoms with van der Waals surface area (Å²) in [7, 11) is 2.22. The first-order chi connectivity index (χ1) is 11.6. The highest BCUT2D eigenvalue weighted by Crippen LogP contribution is 2.41. The minimum Gasteiger partial charge on any atom is -0.371 e. The van der Waals surface area contributed by atoms with E-state index < -0.39 is 0 Å². The smallest absolute Gasteiger partial charge is 0.195 e. The van der Waals surface area contributed by atoms with Gasteiger partial charge >= 0.3 is 0 Å². The van der Waals surface area contributed by atoms with Gasteiger partial charge in [0, 0.05) is 46.6 Å². The highest BCUT2D eigenvalue weighted by molar-refractivity contribution is 14.1. The van der Waals surface area contributed by atoms with Gasteiger partial charge in [-0.25, -0.2) is 0 Å². The fraction of sp³-hybridized carbons (Fsp3) is 0.350. The molecule has 2 heterocycles. The number of benzene rings is 2. The van der Waals surface area contributed by atoms with E-state index in [0.717, 1.165) is 50.7 Å². The van der Waals surface area contributed by atoms with Crippen molar-refractivity contribution < 1.29 is 4.79 Å². The molecule has 24 heavy (non-hydrogen) atoms. The zero-order valence-corrected chi connectivity index (χ0v) is 15.8. The van der Waals surface area contributed by atoms with Gasteiger partial charge in [-0.15, -0.1) is 0 Å². The summed E-state index contributed by atoms with van der Waals surface area (Å²) < 4.78 is 1.05. The van der Waals surface area contributed by atoms with E-state index in [2.05, 4.69) is 63.7 Å². The predicted octanol–water partition coefficient (Wildman–Crippen LogP) is 3.50. The summed E-state index contributed by atoms with van der Waals surface area (Å²) in [5.74, 6) is 1.74. The van der Waals surface area contributed by atoms with Crippen LogP contribution in [0.3, 0.4) is 0 Å². The van der Waals surface area contributed by atoms with Crippen molar-refractivity contribution in [2.45, 2.75) is 0 Å². The molecule has 2 saturated heterocycles. The summed E-state index contributed by atoms with van der Waals surface area (Å²) in [6.45, 7) is 4.64. The molecule has 2 fully saturated rings. The minimum absolute atomic E-state index is 0.186. The third-order valence-electron chi connectivity index (χ3n) is 5.81. The molecule has 0 unspecified atom stereocenters. The molecule has 2 aromatic rings. The van der Waals surface area contributed by atoms with Crippen LogP contribution in [-0.2, 0) is 0 Å². The third-order valence-corrected chi connectivity index (χ3v) is 6.71. The van der Waals surface area contributed by atoms with E-state index in [1.807, 2.05) is 12.1 Å². The first kappa shape index (κ1) is 14.9. The normalized spacial score (nSPS) is 25.1. The van der Waals surface area contributed by atoms with Crippen molar-refractivity contribution in [1.82, 2.24) is 4.90 Å². The summed E-state index contributed by atoms with van der Waals surface area (Å²) in [5, 5.41) is 0. The fourth-order valence-corrected chi connectivity index (χ4v) is 5.45. The summed E-state index contributed by atoms with van der Waals surface area (Å²) in [6, 6.07) is 12.6. The molecule has 0 saturated carbocycles. The van der Waals surface area contributed by atoms with Gasteiger partial charge in [-0.2, -0.15) is 0 Å². The quantitative estimate of drug-likeness (QED) is 0.553. The number of fused-ring (bicyclic) bond motifs is 4. The van der Waals surface area contributed by atoms with E-state index in [4.69, 9.17) is 0 Å². The lowest BCUT2D eigenvalue weighted by atomic mass is 10.0. The number of likely N-dealkylation sites (tertiary alicyclic amines) is 1. The number of halogens is 1. The Bertz CT molecular complexity index is 849. The lowest BCUT2D eigenvalue weighted by molar-refractivity contribution is 0.104. The predicted molar refractivity (Wildman–Crippen MR) is 105 cm³/mol. The Kier molecular flexibility index (Phi) is 3.29. The number of ketones is 1. The van der Waals surface area contributed by atoms with Gasteiger partial charge in [-0.05, 0) is 70.8 Å². The molecule has 0 N–H and O–H groups in total. The lowest BCUT2D eigenvalue weighted by Crippen LogP contribution is -2.26. The van der Waals surface area contributed by atoms with Crippen molar-refractivity contribution in [3.63, 3.8) is 0 Å². The van der Waals surface area contributed by atoms with Gasteiger partial charge in [-0.3, -0.25) is 4.79 Å². The van der Waals surface area contributed by atoms with Crippen molar-refractivity contribution in [2.24, 2.45) is 11.8 Å². The van der Waals surface area contributed by atoms with Gasteiger partial charge < -0.3 is 9.80 Å². The summed E-state index contributed by atoms with van der Waals surface area (Å²) in [4.78, 5) is 17.8. The van der Waals surface area contributed by atoms with Crippen LogP contribution in [0.5, 0.6) is 0 Å². The zero-order valence-electron chi connectivity index (χ0n) is 13.6. The number of rotatable bonds is 1. The van der Waals surface area contributed by atoms with E-state index in [1.165, 1.54) is 18.8 Å². The molecule has 0 radical (unpaired) electrons. The van der Waals surface area contributed by atoms with Crippen molar-refractivity contribution >= 4 is 34.1 Å². The van der Waals surface area contributed by atoms with Crippen LogP contribution in [0.25, 0.3) is 11.1 Å². The SMILES string of the molecule is CN1C[C@@H]2CN(c3ccc4c(c3)C(=O)c3c(I)cccc3-4)C[C@@H]2C1. The molecule has 0 aromatic heterocycles. The molecule has 5 rings (SSSR count). The van der Waals surface area contributed by atoms with Gasteiger partial charge in [0.25, 0.3) is 0 Å². The molecular weight excluding hydrogens is 411 g/mol. The van der Waals surface area contributed by atoms with Crippen LogP contribution >= 0.6 is 22.6 Å². The van der Waals surface area contributed by atoms with Gasteiger partial charge in [0.15, 0.2) is 5.78 Å². The van der Waals surface area contributed by atoms with Crippen LogP contribution in [0.2, 0.25) is 0 Å². The summed E-state index contributed by atoms with van der Waals surface area (Å²) >= 11 is 2.27. The molecule has 3 aliphatic rings. The number of nitrogens with zero attached hydrogens (tertiary/aromatic N) is 2. The molecule has 0 amide bonds. The number of hydrogen-bond acceptors (Lipinski definition) is 3. The summed E-state index contributed by atoms with van der Waals surface area (Å²) in [6.07, 6.45) is 0. The Morgan fingerprint density at radius 3 is 2.46 bits per heavy atom. The van der Waals surface area contributed by atoms with Crippen LogP contribution in [-0.4, -0.2) is 43.9 Å². The van der Waals surface area contributed by atoms with Gasteiger partial charge in [0.2, 0.25) is 0 Å². The Hall–Kier alpha value is -1.40. The molecule has 0 spiro atoms. The summed E-state index contributed by atoms with van der Waals surface area (Å²) in [5.41, 5.74) is 5.15. The second-order valence-corrected chi connectivity index (χ2v) is 8.53. The van der Waals surface area contributed by atoms with E-state index >= 15 is 0 Å². The Balaban J connectivity index is 1.50. The molecule has 3 nitrogen and oxygen atoms in total. The highest BCUT2D eigenvalue weighted by atomic mass is 127. The van der Waals surface area contributed by atoms with Crippen LogP contribution in [0.1, 0.15) is 15.9 Å². The average Bonchev–Trinajstić information content (AvgIpc) is 3.18. The van der Waals surface area contributed by atoms with Gasteiger partial charge in [0.1, 0.15) is 0 Å². The lowest BCUT2D eigenvalue weighted by Gasteiger charge is -2.22. The molecule has 2 aliphatic heterocycles. The van der Waals surface area contributed by atoms with Gasteiger partial charge in [-0.1, -0.05) is 18.2 Å². The van der Waals surface area contributed by atoms with Crippen LogP contribution in [0.4, 0.5) is 5.69 Å². The largest absolute Gasteiger partial charge is 0.371 e. The Labute approximate surface area is 155 Å². The van der Waals surface area contributed by atoms with E-state index in [-0.39, 0.29) is 5.78 Å². The second kappa shape index (κ2) is 5.30. The maximum Gasteiger partial charge on any atom is 0.195 e. The zero-order chi connectivity index (χ0) is 16.4. The van der Waals surface area contributed by atoms with Crippen LogP contribution in [0, 0.1) is 15.4 Å². The monoisotopic (exact) mass is 430 g/mol. The van der Waals surface area contributed by atoms with Crippen LogP contribution < -0.4 is 4.90 Å².